The molecule has 0 bridgehead atoms. The molecular weight excluding hydrogens is 876 g/mol. The van der Waals surface area contributed by atoms with Crippen molar-refractivity contribution in [1.82, 2.24) is 19.6 Å². The standard InChI is InChI=1S/C21H30F3N3O3.C17H22BrF3N2O3.C5H10/c1-20(2,3)30-19(28)27-12-10-25(11-13-27)15-16-6-7-17(26-8-4-5-9-26)14-18(16)29-21(22,23)24;1-16(2,3)26-15(24)23-8-6-22(7-9-23)11-12-4-5-13(18)10-14(12)25-17(19,20)21;1-2-4-5-3-1/h6-7,14H,4-5,8-13,15H2,1-3H3;4-5,10H,6-9,11H2,1-3H3;1-5H2. The summed E-state index contributed by atoms with van der Waals surface area (Å²) < 4.78 is 96.4. The van der Waals surface area contributed by atoms with Gasteiger partial charge in [-0.05, 0) is 72.6 Å². The van der Waals surface area contributed by atoms with Gasteiger partial charge in [-0.2, -0.15) is 0 Å². The molecule has 2 aromatic carbocycles. The van der Waals surface area contributed by atoms with Gasteiger partial charge < -0.3 is 33.6 Å². The van der Waals surface area contributed by atoms with Crippen molar-refractivity contribution in [1.29, 1.82) is 0 Å². The largest absolute Gasteiger partial charge is 0.573 e. The molecule has 344 valence electrons. The Balaban J connectivity index is 0.000000242. The highest BCUT2D eigenvalue weighted by molar-refractivity contribution is 9.10. The fourth-order valence-corrected chi connectivity index (χ4v) is 7.48. The van der Waals surface area contributed by atoms with Gasteiger partial charge in [-0.15, -0.1) is 26.3 Å². The molecule has 2 aromatic rings. The lowest BCUT2D eigenvalue weighted by Crippen LogP contribution is -2.49. The van der Waals surface area contributed by atoms with E-state index < -0.39 is 23.9 Å². The van der Waals surface area contributed by atoms with Gasteiger partial charge >= 0.3 is 24.9 Å². The zero-order chi connectivity index (χ0) is 45.0. The number of halogens is 7. The summed E-state index contributed by atoms with van der Waals surface area (Å²) in [6.07, 6.45) is -0.642. The topological polar surface area (TPSA) is 87.3 Å². The molecule has 4 fully saturated rings. The van der Waals surface area contributed by atoms with Gasteiger partial charge in [-0.3, -0.25) is 9.80 Å². The molecule has 61 heavy (non-hydrogen) atoms. The molecule has 3 aliphatic heterocycles. The average molecular weight is 939 g/mol. The third kappa shape index (κ3) is 18.7. The summed E-state index contributed by atoms with van der Waals surface area (Å²) in [5.74, 6) is -0.372. The second kappa shape index (κ2) is 22.1. The second-order valence-corrected chi connectivity index (χ2v) is 18.5. The predicted octanol–water partition coefficient (Wildman–Crippen LogP) is 10.6. The molecule has 18 heteroatoms. The van der Waals surface area contributed by atoms with Crippen molar-refractivity contribution in [2.75, 3.05) is 70.3 Å². The number of anilines is 1. The van der Waals surface area contributed by atoms with Gasteiger partial charge in [-0.25, -0.2) is 9.59 Å². The van der Waals surface area contributed by atoms with Gasteiger partial charge in [0.15, 0.2) is 0 Å². The van der Waals surface area contributed by atoms with Crippen LogP contribution in [-0.2, 0) is 22.6 Å². The summed E-state index contributed by atoms with van der Waals surface area (Å²) in [6.45, 7) is 17.2. The lowest BCUT2D eigenvalue weighted by molar-refractivity contribution is -0.276. The molecule has 0 N–H and O–H groups in total. The van der Waals surface area contributed by atoms with Crippen molar-refractivity contribution in [2.45, 2.75) is 124 Å². The van der Waals surface area contributed by atoms with Crippen molar-refractivity contribution < 1.29 is 54.9 Å². The van der Waals surface area contributed by atoms with Crippen molar-refractivity contribution >= 4 is 33.8 Å². The number of carbonyl (C=O) groups excluding carboxylic acids is 2. The third-order valence-electron chi connectivity index (χ3n) is 10.1. The Hall–Kier alpha value is -3.64. The van der Waals surface area contributed by atoms with Crippen molar-refractivity contribution in [2.24, 2.45) is 0 Å². The van der Waals surface area contributed by atoms with Crippen LogP contribution in [0.2, 0.25) is 0 Å². The van der Waals surface area contributed by atoms with Gasteiger partial charge in [0.2, 0.25) is 0 Å². The zero-order valence-corrected chi connectivity index (χ0v) is 37.8. The van der Waals surface area contributed by atoms with Crippen LogP contribution in [-0.4, -0.2) is 121 Å². The lowest BCUT2D eigenvalue weighted by Gasteiger charge is -2.35. The van der Waals surface area contributed by atoms with Gasteiger partial charge in [-0.1, -0.05) is 60.2 Å². The van der Waals surface area contributed by atoms with Crippen molar-refractivity contribution in [3.63, 3.8) is 0 Å². The average Bonchev–Trinajstić information content (AvgIpc) is 3.91. The number of rotatable bonds is 7. The molecular formula is C43H62BrF6N5O6. The van der Waals surface area contributed by atoms with Gasteiger partial charge in [0.1, 0.15) is 22.7 Å². The normalized spacial score (nSPS) is 18.1. The number of nitrogens with zero attached hydrogens (tertiary/aromatic N) is 5. The molecule has 0 spiro atoms. The van der Waals surface area contributed by atoms with E-state index in [1.54, 1.807) is 48.8 Å². The van der Waals surface area contributed by atoms with E-state index in [0.717, 1.165) is 31.6 Å². The summed E-state index contributed by atoms with van der Waals surface area (Å²) in [7, 11) is 0. The van der Waals surface area contributed by atoms with Crippen LogP contribution in [0.5, 0.6) is 11.5 Å². The number of ether oxygens (including phenoxy) is 4. The first-order valence-corrected chi connectivity index (χ1v) is 21.8. The van der Waals surface area contributed by atoms with E-state index in [-0.39, 0.29) is 23.7 Å². The number of piperazine rings is 2. The fraction of sp³-hybridized carbons (Fsp3) is 0.674. The van der Waals surface area contributed by atoms with Crippen LogP contribution in [0.4, 0.5) is 41.6 Å². The van der Waals surface area contributed by atoms with Gasteiger partial charge in [0.05, 0.1) is 0 Å². The zero-order valence-electron chi connectivity index (χ0n) is 36.2. The Bertz CT molecular complexity index is 1690. The van der Waals surface area contributed by atoms with Crippen LogP contribution in [0, 0.1) is 0 Å². The minimum absolute atomic E-state index is 0.151. The Labute approximate surface area is 364 Å². The van der Waals surface area contributed by atoms with Gasteiger partial charge in [0, 0.05) is 106 Å². The molecule has 0 radical (unpaired) electrons. The van der Waals surface area contributed by atoms with Crippen molar-refractivity contribution in [3.05, 3.63) is 52.0 Å². The van der Waals surface area contributed by atoms with E-state index in [9.17, 15) is 35.9 Å². The predicted molar refractivity (Wildman–Crippen MR) is 225 cm³/mol. The SMILES string of the molecule is C1CCCC1.CC(C)(C)OC(=O)N1CCN(Cc2ccc(Br)cc2OC(F)(F)F)CC1.CC(C)(C)OC(=O)N1CCN(Cc2ccc(N3CCCC3)cc2OC(F)(F)F)CC1. The van der Waals surface area contributed by atoms with Crippen LogP contribution in [0.25, 0.3) is 0 Å². The van der Waals surface area contributed by atoms with Crippen molar-refractivity contribution in [3.8, 4) is 11.5 Å². The van der Waals surface area contributed by atoms with E-state index in [0.29, 0.717) is 81.0 Å². The van der Waals surface area contributed by atoms with E-state index in [4.69, 9.17) is 9.47 Å². The smallest absolute Gasteiger partial charge is 0.444 e. The summed E-state index contributed by atoms with van der Waals surface area (Å²) >= 11 is 3.16. The first-order chi connectivity index (χ1) is 28.4. The molecule has 0 aromatic heterocycles. The molecule has 1 aliphatic carbocycles. The summed E-state index contributed by atoms with van der Waals surface area (Å²) in [6, 6.07) is 9.65. The number of carbonyl (C=O) groups is 2. The molecule has 3 saturated heterocycles. The molecule has 2 amide bonds. The van der Waals surface area contributed by atoms with Crippen LogP contribution in [0.3, 0.4) is 0 Å². The van der Waals surface area contributed by atoms with E-state index in [1.165, 1.54) is 44.2 Å². The van der Waals surface area contributed by atoms with E-state index >= 15 is 0 Å². The molecule has 11 nitrogen and oxygen atoms in total. The molecule has 0 atom stereocenters. The molecule has 0 unspecified atom stereocenters. The lowest BCUT2D eigenvalue weighted by atomic mass is 10.1. The number of hydrogen-bond acceptors (Lipinski definition) is 9. The second-order valence-electron chi connectivity index (χ2n) is 17.6. The maximum atomic E-state index is 13.0. The summed E-state index contributed by atoms with van der Waals surface area (Å²) in [4.78, 5) is 33.6. The van der Waals surface area contributed by atoms with Crippen LogP contribution in [0.15, 0.2) is 40.9 Å². The Morgan fingerprint density at radius 3 is 1.30 bits per heavy atom. The highest BCUT2D eigenvalue weighted by Crippen LogP contribution is 2.34. The first-order valence-electron chi connectivity index (χ1n) is 21.0. The number of benzene rings is 2. The number of amides is 2. The monoisotopic (exact) mass is 937 g/mol. The third-order valence-corrected chi connectivity index (χ3v) is 10.6. The van der Waals surface area contributed by atoms with Crippen LogP contribution < -0.4 is 14.4 Å². The fourth-order valence-electron chi connectivity index (χ4n) is 7.14. The minimum atomic E-state index is -4.75. The number of hydrogen-bond donors (Lipinski definition) is 0. The van der Waals surface area contributed by atoms with Crippen LogP contribution >= 0.6 is 15.9 Å². The highest BCUT2D eigenvalue weighted by atomic mass is 79.9. The summed E-state index contributed by atoms with van der Waals surface area (Å²) in [5, 5.41) is 0. The highest BCUT2D eigenvalue weighted by Gasteiger charge is 2.35. The number of alkyl halides is 6. The minimum Gasteiger partial charge on any atom is -0.444 e. The molecule has 1 saturated carbocycles. The van der Waals surface area contributed by atoms with Gasteiger partial charge in [0.25, 0.3) is 0 Å². The van der Waals surface area contributed by atoms with Crippen LogP contribution in [0.1, 0.15) is 97.6 Å². The first kappa shape index (κ1) is 50.0. The molecule has 4 aliphatic rings. The maximum absolute atomic E-state index is 13.0. The Morgan fingerprint density at radius 1 is 0.541 bits per heavy atom. The summed E-state index contributed by atoms with van der Waals surface area (Å²) in [5.41, 5.74) is 0.562. The van der Waals surface area contributed by atoms with E-state index in [2.05, 4.69) is 30.3 Å². The molecule has 6 rings (SSSR count). The Morgan fingerprint density at radius 2 is 0.918 bits per heavy atom. The quantitative estimate of drug-likeness (QED) is 0.252. The maximum Gasteiger partial charge on any atom is 0.573 e. The Kier molecular flexibility index (Phi) is 18.1. The molecule has 3 heterocycles. The van der Waals surface area contributed by atoms with E-state index in [1.807, 2.05) is 36.6 Å².